The third kappa shape index (κ3) is 2.43. The topological polar surface area (TPSA) is 43.1 Å². The first-order chi connectivity index (χ1) is 5.70. The predicted molar refractivity (Wildman–Crippen MR) is 52.0 cm³/mol. The van der Waals surface area contributed by atoms with Crippen LogP contribution in [0.5, 0.6) is 0 Å². The first kappa shape index (κ1) is 8.87. The van der Waals surface area contributed by atoms with Gasteiger partial charge in [-0.1, -0.05) is 42.5 Å². The van der Waals surface area contributed by atoms with Crippen LogP contribution in [0.2, 0.25) is 0 Å². The van der Waals surface area contributed by atoms with Crippen LogP contribution in [-0.2, 0) is 4.79 Å². The van der Waals surface area contributed by atoms with Crippen molar-refractivity contribution in [2.24, 2.45) is 5.73 Å². The van der Waals surface area contributed by atoms with Gasteiger partial charge in [-0.25, -0.2) is 0 Å². The minimum Gasteiger partial charge on any atom is -0.369 e. The van der Waals surface area contributed by atoms with Gasteiger partial charge in [0.1, 0.15) is 0 Å². The maximum Gasteiger partial charge on any atom is 0.222 e. The fourth-order valence-corrected chi connectivity index (χ4v) is 1.16. The summed E-state index contributed by atoms with van der Waals surface area (Å²) < 4.78 is 0. The van der Waals surface area contributed by atoms with Gasteiger partial charge < -0.3 is 5.73 Å². The van der Waals surface area contributed by atoms with Crippen LogP contribution in [0.15, 0.2) is 30.3 Å². The predicted octanol–water partition coefficient (Wildman–Crippen LogP) is 1.28. The largest absolute Gasteiger partial charge is 0.369 e. The lowest BCUT2D eigenvalue weighted by molar-refractivity contribution is -0.116. The van der Waals surface area contributed by atoms with Gasteiger partial charge in [0.05, 0.1) is 6.42 Å². The molecule has 0 bridgehead atoms. The average molecular weight is 179 g/mol. The second-order valence-corrected chi connectivity index (χ2v) is 2.93. The zero-order valence-electron chi connectivity index (χ0n) is 6.49. The Hall–Kier alpha value is -1.22. The number of carbonyl (C=O) groups is 1. The molecule has 1 amide bonds. The Bertz CT molecular complexity index is 295. The van der Waals surface area contributed by atoms with Crippen molar-refractivity contribution in [1.29, 1.82) is 0 Å². The van der Waals surface area contributed by atoms with E-state index in [1.807, 2.05) is 30.3 Å². The van der Waals surface area contributed by atoms with Crippen LogP contribution in [0, 0.1) is 0 Å². The van der Waals surface area contributed by atoms with Crippen LogP contribution < -0.4 is 5.73 Å². The number of nitrogens with two attached hydrogens (primary N) is 1. The summed E-state index contributed by atoms with van der Waals surface area (Å²) in [6, 6.07) is 9.39. The quantitative estimate of drug-likeness (QED) is 0.561. The van der Waals surface area contributed by atoms with Crippen LogP contribution in [0.4, 0.5) is 0 Å². The van der Waals surface area contributed by atoms with Crippen LogP contribution in [-0.4, -0.2) is 10.8 Å². The second kappa shape index (κ2) is 3.97. The van der Waals surface area contributed by atoms with E-state index < -0.39 is 0 Å². The van der Waals surface area contributed by atoms with E-state index in [9.17, 15) is 4.79 Å². The number of hydrogen-bond donors (Lipinski definition) is 1. The van der Waals surface area contributed by atoms with Crippen LogP contribution in [0.1, 0.15) is 12.0 Å². The molecule has 0 unspecified atom stereocenters. The first-order valence-corrected chi connectivity index (χ1v) is 3.97. The second-order valence-electron chi connectivity index (χ2n) is 2.43. The van der Waals surface area contributed by atoms with Gasteiger partial charge in [0, 0.05) is 4.86 Å². The molecule has 0 fully saturated rings. The zero-order valence-corrected chi connectivity index (χ0v) is 7.30. The Morgan fingerprint density at radius 2 is 1.92 bits per heavy atom. The molecule has 2 N–H and O–H groups in total. The molecule has 0 saturated heterocycles. The summed E-state index contributed by atoms with van der Waals surface area (Å²) in [5.74, 6) is -0.385. The molecular weight excluding hydrogens is 170 g/mol. The van der Waals surface area contributed by atoms with E-state index in [0.29, 0.717) is 4.86 Å². The monoisotopic (exact) mass is 179 g/mol. The minimum atomic E-state index is -0.385. The Labute approximate surface area is 76.4 Å². The van der Waals surface area contributed by atoms with E-state index in [4.69, 9.17) is 18.0 Å². The molecule has 2 nitrogen and oxygen atoms in total. The average Bonchev–Trinajstić information content (AvgIpc) is 2.05. The van der Waals surface area contributed by atoms with Gasteiger partial charge in [-0.05, 0) is 5.56 Å². The van der Waals surface area contributed by atoms with Crippen molar-refractivity contribution in [3.63, 3.8) is 0 Å². The molecule has 0 aliphatic carbocycles. The van der Waals surface area contributed by atoms with E-state index in [1.54, 1.807) is 0 Å². The van der Waals surface area contributed by atoms with Crippen molar-refractivity contribution in [1.82, 2.24) is 0 Å². The van der Waals surface area contributed by atoms with E-state index in [1.165, 1.54) is 0 Å². The standard InChI is InChI=1S/C9H9NOS/c10-9(11)6-8(12)7-4-2-1-3-5-7/h1-5H,6H2,(H2,10,11). The van der Waals surface area contributed by atoms with Crippen LogP contribution in [0.3, 0.4) is 0 Å². The summed E-state index contributed by atoms with van der Waals surface area (Å²) >= 11 is 5.00. The molecule has 3 heteroatoms. The highest BCUT2D eigenvalue weighted by molar-refractivity contribution is 7.80. The highest BCUT2D eigenvalue weighted by Crippen LogP contribution is 2.03. The first-order valence-electron chi connectivity index (χ1n) is 3.56. The Kier molecular flexibility index (Phi) is 2.94. The van der Waals surface area contributed by atoms with Gasteiger partial charge in [-0.2, -0.15) is 0 Å². The fraction of sp³-hybridized carbons (Fsp3) is 0.111. The molecule has 0 aliphatic heterocycles. The van der Waals surface area contributed by atoms with Crippen molar-refractivity contribution < 1.29 is 4.79 Å². The van der Waals surface area contributed by atoms with Gasteiger partial charge in [0.15, 0.2) is 0 Å². The van der Waals surface area contributed by atoms with Crippen molar-refractivity contribution in [2.45, 2.75) is 6.42 Å². The number of hydrogen-bond acceptors (Lipinski definition) is 2. The van der Waals surface area contributed by atoms with Crippen LogP contribution >= 0.6 is 12.2 Å². The molecule has 0 spiro atoms. The molecule has 0 saturated carbocycles. The molecule has 0 heterocycles. The van der Waals surface area contributed by atoms with E-state index in [0.717, 1.165) is 5.56 Å². The van der Waals surface area contributed by atoms with Gasteiger partial charge in [-0.15, -0.1) is 0 Å². The number of primary amides is 1. The van der Waals surface area contributed by atoms with Crippen molar-refractivity contribution in [2.75, 3.05) is 0 Å². The van der Waals surface area contributed by atoms with Gasteiger partial charge in [0.2, 0.25) is 5.91 Å². The van der Waals surface area contributed by atoms with Crippen molar-refractivity contribution in [3.8, 4) is 0 Å². The van der Waals surface area contributed by atoms with E-state index >= 15 is 0 Å². The summed E-state index contributed by atoms with van der Waals surface area (Å²) in [7, 11) is 0. The maximum absolute atomic E-state index is 10.5. The Morgan fingerprint density at radius 1 is 1.33 bits per heavy atom. The summed E-state index contributed by atoms with van der Waals surface area (Å²) in [6.45, 7) is 0. The lowest BCUT2D eigenvalue weighted by atomic mass is 10.1. The molecule has 62 valence electrons. The molecule has 12 heavy (non-hydrogen) atoms. The third-order valence-corrected chi connectivity index (χ3v) is 1.81. The molecule has 0 atom stereocenters. The molecule has 1 aromatic rings. The zero-order chi connectivity index (χ0) is 8.97. The van der Waals surface area contributed by atoms with E-state index in [2.05, 4.69) is 0 Å². The third-order valence-electron chi connectivity index (χ3n) is 1.43. The fourth-order valence-electron chi connectivity index (χ4n) is 0.884. The highest BCUT2D eigenvalue weighted by atomic mass is 32.1. The lowest BCUT2D eigenvalue weighted by Gasteiger charge is -1.99. The SMILES string of the molecule is NC(=O)CC(=S)c1ccccc1. The lowest BCUT2D eigenvalue weighted by Crippen LogP contribution is -2.15. The summed E-state index contributed by atoms with van der Waals surface area (Å²) in [6.07, 6.45) is 0.152. The van der Waals surface area contributed by atoms with Crippen molar-refractivity contribution in [3.05, 3.63) is 35.9 Å². The van der Waals surface area contributed by atoms with Gasteiger partial charge in [-0.3, -0.25) is 4.79 Å². The number of carbonyl (C=O) groups excluding carboxylic acids is 1. The molecule has 0 aromatic heterocycles. The number of amides is 1. The maximum atomic E-state index is 10.5. The normalized spacial score (nSPS) is 9.33. The molecule has 1 aromatic carbocycles. The molecular formula is C9H9NOS. The van der Waals surface area contributed by atoms with Gasteiger partial charge in [0.25, 0.3) is 0 Å². The Morgan fingerprint density at radius 3 is 2.42 bits per heavy atom. The van der Waals surface area contributed by atoms with E-state index in [-0.39, 0.29) is 12.3 Å². The summed E-state index contributed by atoms with van der Waals surface area (Å²) in [5, 5.41) is 0. The molecule has 0 aliphatic rings. The smallest absolute Gasteiger partial charge is 0.222 e. The Balaban J connectivity index is 2.73. The van der Waals surface area contributed by atoms with Crippen LogP contribution in [0.25, 0.3) is 0 Å². The molecule has 0 radical (unpaired) electrons. The van der Waals surface area contributed by atoms with Crippen molar-refractivity contribution >= 4 is 23.0 Å². The minimum absolute atomic E-state index is 0.152. The number of rotatable bonds is 3. The summed E-state index contributed by atoms with van der Waals surface area (Å²) in [5.41, 5.74) is 5.90. The summed E-state index contributed by atoms with van der Waals surface area (Å²) in [4.78, 5) is 11.1. The number of thiocarbonyl (C=S) groups is 1. The molecule has 1 rings (SSSR count). The number of benzene rings is 1. The highest BCUT2D eigenvalue weighted by Gasteiger charge is 2.02. The van der Waals surface area contributed by atoms with Gasteiger partial charge >= 0.3 is 0 Å².